The number of amides is 2. The molecule has 6 heteroatoms. The summed E-state index contributed by atoms with van der Waals surface area (Å²) in [7, 11) is 0. The predicted octanol–water partition coefficient (Wildman–Crippen LogP) is 2.08. The Morgan fingerprint density at radius 3 is 2.04 bits per heavy atom. The maximum atomic E-state index is 12.4. The largest absolute Gasteiger partial charge is 0.481 e. The minimum Gasteiger partial charge on any atom is -0.481 e. The van der Waals surface area contributed by atoms with Crippen molar-refractivity contribution in [1.82, 2.24) is 10.6 Å². The molecule has 5 aliphatic carbocycles. The molecule has 5 fully saturated rings. The molecule has 0 aromatic carbocycles. The number of carbonyl (C=O) groups is 3. The van der Waals surface area contributed by atoms with Crippen molar-refractivity contribution in [3.8, 4) is 0 Å². The van der Waals surface area contributed by atoms with Gasteiger partial charge in [-0.2, -0.15) is 0 Å². The Morgan fingerprint density at radius 2 is 1.50 bits per heavy atom. The Bertz CT molecular complexity index is 567. The Labute approximate surface area is 154 Å². The summed E-state index contributed by atoms with van der Waals surface area (Å²) < 4.78 is 0. The van der Waals surface area contributed by atoms with Crippen LogP contribution < -0.4 is 10.6 Å². The van der Waals surface area contributed by atoms with E-state index in [9.17, 15) is 14.4 Å². The monoisotopic (exact) mass is 362 g/mol. The Morgan fingerprint density at radius 1 is 0.885 bits per heavy atom. The zero-order valence-corrected chi connectivity index (χ0v) is 15.3. The van der Waals surface area contributed by atoms with Gasteiger partial charge >= 0.3 is 5.97 Å². The molecule has 0 unspecified atom stereocenters. The lowest BCUT2D eigenvalue weighted by atomic mass is 9.49. The van der Waals surface area contributed by atoms with E-state index in [1.807, 2.05) is 0 Å². The van der Waals surface area contributed by atoms with E-state index in [4.69, 9.17) is 5.11 Å². The van der Waals surface area contributed by atoms with Crippen molar-refractivity contribution in [3.05, 3.63) is 0 Å². The minimum absolute atomic E-state index is 0.000558. The van der Waals surface area contributed by atoms with Crippen LogP contribution >= 0.6 is 0 Å². The van der Waals surface area contributed by atoms with E-state index in [2.05, 4.69) is 10.6 Å². The lowest BCUT2D eigenvalue weighted by molar-refractivity contribution is -0.141. The van der Waals surface area contributed by atoms with Crippen LogP contribution in [0.4, 0.5) is 0 Å². The molecule has 2 atom stereocenters. The van der Waals surface area contributed by atoms with E-state index < -0.39 is 5.97 Å². The lowest BCUT2D eigenvalue weighted by Gasteiger charge is -2.56. The Kier molecular flexibility index (Phi) is 4.70. The van der Waals surface area contributed by atoms with Gasteiger partial charge in [0, 0.05) is 12.5 Å². The van der Waals surface area contributed by atoms with Crippen molar-refractivity contribution < 1.29 is 19.5 Å². The fraction of sp³-hybridized carbons (Fsp3) is 0.850. The molecule has 0 spiro atoms. The summed E-state index contributed by atoms with van der Waals surface area (Å²) in [5.74, 6) is 1.11. The predicted molar refractivity (Wildman–Crippen MR) is 95.1 cm³/mol. The summed E-state index contributed by atoms with van der Waals surface area (Å²) in [5, 5.41) is 14.7. The summed E-state index contributed by atoms with van der Waals surface area (Å²) in [6, 6.07) is -0.0799. The van der Waals surface area contributed by atoms with Crippen LogP contribution in [-0.2, 0) is 14.4 Å². The summed E-state index contributed by atoms with van der Waals surface area (Å²) in [5.41, 5.74) is 0.190. The van der Waals surface area contributed by atoms with Gasteiger partial charge in [0.2, 0.25) is 11.8 Å². The SMILES string of the molecule is O=C(CC12CC3CC(CC(C3)C1)C2)NCC(=O)N[C@@H]1CC[C@H](C(=O)O)C1. The maximum absolute atomic E-state index is 12.4. The maximum Gasteiger partial charge on any atom is 0.306 e. The van der Waals surface area contributed by atoms with Gasteiger partial charge in [0.1, 0.15) is 0 Å². The van der Waals surface area contributed by atoms with Gasteiger partial charge in [0.05, 0.1) is 12.5 Å². The van der Waals surface area contributed by atoms with Crippen LogP contribution in [0.2, 0.25) is 0 Å². The van der Waals surface area contributed by atoms with Crippen LogP contribution in [0.1, 0.15) is 64.2 Å². The first-order valence-corrected chi connectivity index (χ1v) is 10.2. The molecule has 2 amide bonds. The number of aliphatic carboxylic acids is 1. The third-order valence-electron chi connectivity index (χ3n) is 7.29. The van der Waals surface area contributed by atoms with Crippen molar-refractivity contribution in [2.24, 2.45) is 29.1 Å². The van der Waals surface area contributed by atoms with E-state index in [0.717, 1.165) is 17.8 Å². The van der Waals surface area contributed by atoms with Crippen LogP contribution in [0.5, 0.6) is 0 Å². The molecule has 0 aromatic rings. The van der Waals surface area contributed by atoms with Gasteiger partial charge in [0.25, 0.3) is 0 Å². The molecule has 26 heavy (non-hydrogen) atoms. The highest BCUT2D eigenvalue weighted by Gasteiger charge is 2.51. The molecule has 3 N–H and O–H groups in total. The van der Waals surface area contributed by atoms with Crippen molar-refractivity contribution in [1.29, 1.82) is 0 Å². The Hall–Kier alpha value is -1.59. The second-order valence-electron chi connectivity index (χ2n) is 9.48. The van der Waals surface area contributed by atoms with Gasteiger partial charge in [-0.05, 0) is 81.0 Å². The van der Waals surface area contributed by atoms with Gasteiger partial charge in [-0.15, -0.1) is 0 Å². The summed E-state index contributed by atoms with van der Waals surface area (Å²) in [6.45, 7) is -0.000558. The Balaban J connectivity index is 1.21. The molecule has 0 radical (unpaired) electrons. The standard InChI is InChI=1S/C20H30N2O4/c23-17(10-20-7-12-3-13(8-20)5-14(4-12)9-20)21-11-18(24)22-16-2-1-15(6-16)19(25)26/h12-16H,1-11H2,(H,21,23)(H,22,24)(H,25,26)/t12?,13?,14?,15-,16+,20?/m0/s1. The van der Waals surface area contributed by atoms with Gasteiger partial charge < -0.3 is 15.7 Å². The van der Waals surface area contributed by atoms with Gasteiger partial charge in [-0.1, -0.05) is 0 Å². The summed E-state index contributed by atoms with van der Waals surface area (Å²) >= 11 is 0. The first-order chi connectivity index (χ1) is 12.4. The van der Waals surface area contributed by atoms with Crippen molar-refractivity contribution in [2.75, 3.05) is 6.54 Å². The highest BCUT2D eigenvalue weighted by atomic mass is 16.4. The van der Waals surface area contributed by atoms with Gasteiger partial charge in [-0.3, -0.25) is 14.4 Å². The highest BCUT2D eigenvalue weighted by molar-refractivity contribution is 5.85. The average molecular weight is 362 g/mol. The van der Waals surface area contributed by atoms with Crippen LogP contribution in [0.3, 0.4) is 0 Å². The van der Waals surface area contributed by atoms with Crippen molar-refractivity contribution >= 4 is 17.8 Å². The molecule has 0 heterocycles. The van der Waals surface area contributed by atoms with Gasteiger partial charge in [-0.25, -0.2) is 0 Å². The molecule has 5 saturated carbocycles. The molecular weight excluding hydrogens is 332 g/mol. The second kappa shape index (κ2) is 6.86. The number of carbonyl (C=O) groups excluding carboxylic acids is 2. The van der Waals surface area contributed by atoms with E-state index in [-0.39, 0.29) is 35.7 Å². The molecule has 0 aromatic heterocycles. The molecule has 5 aliphatic rings. The topological polar surface area (TPSA) is 95.5 Å². The number of carboxylic acid groups (broad SMARTS) is 1. The van der Waals surface area contributed by atoms with Crippen molar-refractivity contribution in [3.63, 3.8) is 0 Å². The molecule has 5 rings (SSSR count). The minimum atomic E-state index is -0.786. The zero-order chi connectivity index (χ0) is 18.3. The van der Waals surface area contributed by atoms with E-state index in [1.54, 1.807) is 0 Å². The number of hydrogen-bond acceptors (Lipinski definition) is 3. The second-order valence-corrected chi connectivity index (χ2v) is 9.48. The number of carboxylic acids is 1. The highest BCUT2D eigenvalue weighted by Crippen LogP contribution is 2.61. The molecule has 6 nitrogen and oxygen atoms in total. The van der Waals surface area contributed by atoms with E-state index in [0.29, 0.717) is 25.7 Å². The number of rotatable bonds is 6. The van der Waals surface area contributed by atoms with Crippen LogP contribution in [0, 0.1) is 29.1 Å². The summed E-state index contributed by atoms with van der Waals surface area (Å²) in [6.07, 6.45) is 10.0. The normalized spacial score (nSPS) is 40.4. The fourth-order valence-electron chi connectivity index (χ4n) is 6.70. The van der Waals surface area contributed by atoms with Gasteiger partial charge in [0.15, 0.2) is 0 Å². The summed E-state index contributed by atoms with van der Waals surface area (Å²) in [4.78, 5) is 35.5. The lowest BCUT2D eigenvalue weighted by Crippen LogP contribution is -2.48. The van der Waals surface area contributed by atoms with Crippen LogP contribution in [0.15, 0.2) is 0 Å². The average Bonchev–Trinajstić information content (AvgIpc) is 3.00. The van der Waals surface area contributed by atoms with Crippen LogP contribution in [-0.4, -0.2) is 35.5 Å². The fourth-order valence-corrected chi connectivity index (χ4v) is 6.70. The first kappa shape index (κ1) is 17.8. The number of nitrogens with one attached hydrogen (secondary N) is 2. The van der Waals surface area contributed by atoms with E-state index in [1.165, 1.54) is 38.5 Å². The molecule has 4 bridgehead atoms. The van der Waals surface area contributed by atoms with Crippen molar-refractivity contribution in [2.45, 2.75) is 70.3 Å². The molecule has 0 saturated heterocycles. The van der Waals surface area contributed by atoms with E-state index >= 15 is 0 Å². The molecule has 0 aliphatic heterocycles. The first-order valence-electron chi connectivity index (χ1n) is 10.2. The molecule has 144 valence electrons. The molecular formula is C20H30N2O4. The quantitative estimate of drug-likeness (QED) is 0.674. The third kappa shape index (κ3) is 3.74. The zero-order valence-electron chi connectivity index (χ0n) is 15.3. The number of hydrogen-bond donors (Lipinski definition) is 3. The third-order valence-corrected chi connectivity index (χ3v) is 7.29. The smallest absolute Gasteiger partial charge is 0.306 e. The van der Waals surface area contributed by atoms with Crippen LogP contribution in [0.25, 0.3) is 0 Å².